The van der Waals surface area contributed by atoms with Gasteiger partial charge in [-0.3, -0.25) is 0 Å². The minimum absolute atomic E-state index is 0.0478. The molecule has 0 saturated carbocycles. The van der Waals surface area contributed by atoms with Crippen LogP contribution in [0.3, 0.4) is 0 Å². The number of halogens is 1. The summed E-state index contributed by atoms with van der Waals surface area (Å²) in [6.45, 7) is 2.01. The van der Waals surface area contributed by atoms with Gasteiger partial charge in [0.1, 0.15) is 11.5 Å². The first-order chi connectivity index (χ1) is 8.15. The first-order valence-corrected chi connectivity index (χ1v) is 5.68. The number of hydrogen-bond acceptors (Lipinski definition) is 3. The summed E-state index contributed by atoms with van der Waals surface area (Å²) in [6.07, 6.45) is 6.23. The minimum atomic E-state index is -0.0478. The number of anilines is 1. The van der Waals surface area contributed by atoms with Gasteiger partial charge >= 0.3 is 0 Å². The van der Waals surface area contributed by atoms with Crippen molar-refractivity contribution in [3.05, 3.63) is 17.2 Å². The van der Waals surface area contributed by atoms with Crippen molar-refractivity contribution in [1.82, 2.24) is 0 Å². The van der Waals surface area contributed by atoms with Gasteiger partial charge < -0.3 is 14.8 Å². The Hall–Kier alpha value is -1.53. The number of hydrogen-bond donors (Lipinski definition) is 1. The van der Waals surface area contributed by atoms with E-state index in [4.69, 9.17) is 27.5 Å². The quantitative estimate of drug-likeness (QED) is 0.818. The van der Waals surface area contributed by atoms with E-state index in [9.17, 15) is 0 Å². The summed E-state index contributed by atoms with van der Waals surface area (Å²) < 4.78 is 10.4. The molecule has 0 fully saturated rings. The van der Waals surface area contributed by atoms with E-state index < -0.39 is 0 Å². The molecular formula is C13H16ClNO2. The van der Waals surface area contributed by atoms with E-state index in [0.717, 1.165) is 12.1 Å². The third kappa shape index (κ3) is 3.21. The molecule has 0 radical (unpaired) electrons. The van der Waals surface area contributed by atoms with Crippen molar-refractivity contribution in [1.29, 1.82) is 0 Å². The number of rotatable bonds is 5. The number of methoxy groups -OCH3 is 2. The van der Waals surface area contributed by atoms with Crippen molar-refractivity contribution < 1.29 is 9.47 Å². The fraction of sp³-hybridized carbons (Fsp3) is 0.385. The van der Waals surface area contributed by atoms with Crippen LogP contribution >= 0.6 is 11.6 Å². The van der Waals surface area contributed by atoms with E-state index in [2.05, 4.69) is 11.2 Å². The van der Waals surface area contributed by atoms with Crippen LogP contribution in [0.2, 0.25) is 5.02 Å². The average molecular weight is 254 g/mol. The molecule has 0 aromatic heterocycles. The lowest BCUT2D eigenvalue weighted by Gasteiger charge is -2.17. The summed E-state index contributed by atoms with van der Waals surface area (Å²) in [5.41, 5.74) is 0.767. The third-order valence-electron chi connectivity index (χ3n) is 2.41. The molecule has 1 unspecified atom stereocenters. The molecule has 17 heavy (non-hydrogen) atoms. The molecule has 1 aromatic carbocycles. The van der Waals surface area contributed by atoms with Crippen molar-refractivity contribution in [3.63, 3.8) is 0 Å². The van der Waals surface area contributed by atoms with E-state index >= 15 is 0 Å². The van der Waals surface area contributed by atoms with Crippen molar-refractivity contribution in [3.8, 4) is 23.8 Å². The van der Waals surface area contributed by atoms with Crippen LogP contribution in [0, 0.1) is 12.3 Å². The molecule has 0 aliphatic carbocycles. The molecule has 1 N–H and O–H groups in total. The lowest BCUT2D eigenvalue weighted by Crippen LogP contribution is -2.16. The summed E-state index contributed by atoms with van der Waals surface area (Å²) in [7, 11) is 3.15. The fourth-order valence-corrected chi connectivity index (χ4v) is 1.66. The summed E-state index contributed by atoms with van der Waals surface area (Å²) in [5.74, 6) is 3.88. The van der Waals surface area contributed by atoms with Crippen LogP contribution in [0.1, 0.15) is 13.3 Å². The molecule has 1 aromatic rings. The zero-order valence-electron chi connectivity index (χ0n) is 10.2. The lowest BCUT2D eigenvalue weighted by molar-refractivity contribution is 0.395. The molecule has 92 valence electrons. The molecule has 0 heterocycles. The molecule has 4 heteroatoms. The van der Waals surface area contributed by atoms with E-state index in [0.29, 0.717) is 16.5 Å². The molecule has 0 bridgehead atoms. The van der Waals surface area contributed by atoms with Crippen molar-refractivity contribution >= 4 is 17.3 Å². The molecule has 0 amide bonds. The van der Waals surface area contributed by atoms with Crippen LogP contribution in [0.5, 0.6) is 11.5 Å². The molecule has 0 saturated heterocycles. The Balaban J connectivity index is 3.07. The molecule has 1 atom stereocenters. The second-order valence-corrected chi connectivity index (χ2v) is 3.87. The molecular weight excluding hydrogens is 238 g/mol. The van der Waals surface area contributed by atoms with Gasteiger partial charge in [-0.15, -0.1) is 6.42 Å². The zero-order chi connectivity index (χ0) is 12.8. The van der Waals surface area contributed by atoms with Crippen LogP contribution in [0.4, 0.5) is 5.69 Å². The Bertz CT molecular complexity index is 426. The standard InChI is InChI=1S/C13H16ClNO2/c1-5-9(6-2)15-11-7-10(14)12(16-3)8-13(11)17-4/h1,7-9,15H,6H2,2-4H3. The predicted octanol–water partition coefficient (Wildman–Crippen LogP) is 3.18. The Kier molecular flexibility index (Phi) is 4.99. The predicted molar refractivity (Wildman–Crippen MR) is 71.1 cm³/mol. The number of terminal acetylenes is 1. The Morgan fingerprint density at radius 3 is 2.47 bits per heavy atom. The van der Waals surface area contributed by atoms with E-state index in [1.165, 1.54) is 0 Å². The van der Waals surface area contributed by atoms with Gasteiger partial charge in [-0.1, -0.05) is 24.4 Å². The van der Waals surface area contributed by atoms with Gasteiger partial charge in [0.15, 0.2) is 0 Å². The first kappa shape index (κ1) is 13.5. The average Bonchev–Trinajstić information content (AvgIpc) is 2.36. The Morgan fingerprint density at radius 2 is 2.00 bits per heavy atom. The second kappa shape index (κ2) is 6.27. The summed E-state index contributed by atoms with van der Waals surface area (Å²) in [4.78, 5) is 0. The van der Waals surface area contributed by atoms with Gasteiger partial charge in [0.2, 0.25) is 0 Å². The molecule has 1 rings (SSSR count). The number of ether oxygens (including phenoxy) is 2. The maximum atomic E-state index is 6.06. The lowest BCUT2D eigenvalue weighted by atomic mass is 10.2. The van der Waals surface area contributed by atoms with Crippen LogP contribution in [0.25, 0.3) is 0 Å². The monoisotopic (exact) mass is 253 g/mol. The van der Waals surface area contributed by atoms with Crippen LogP contribution < -0.4 is 14.8 Å². The SMILES string of the molecule is C#CC(CC)Nc1cc(Cl)c(OC)cc1OC. The minimum Gasteiger partial charge on any atom is -0.495 e. The normalized spacial score (nSPS) is 11.5. The van der Waals surface area contributed by atoms with Crippen molar-refractivity contribution in [2.24, 2.45) is 0 Å². The highest BCUT2D eigenvalue weighted by molar-refractivity contribution is 6.32. The summed E-state index contributed by atoms with van der Waals surface area (Å²) in [6, 6.07) is 3.43. The highest BCUT2D eigenvalue weighted by Gasteiger charge is 2.11. The van der Waals surface area contributed by atoms with Gasteiger partial charge in [0.25, 0.3) is 0 Å². The van der Waals surface area contributed by atoms with Gasteiger partial charge in [0.05, 0.1) is 31.0 Å². The number of benzene rings is 1. The molecule has 3 nitrogen and oxygen atoms in total. The van der Waals surface area contributed by atoms with Gasteiger partial charge in [-0.05, 0) is 12.5 Å². The molecule has 0 spiro atoms. The molecule has 0 aliphatic heterocycles. The van der Waals surface area contributed by atoms with Gasteiger partial charge in [-0.25, -0.2) is 0 Å². The zero-order valence-corrected chi connectivity index (χ0v) is 11.0. The largest absolute Gasteiger partial charge is 0.495 e. The fourth-order valence-electron chi connectivity index (χ4n) is 1.42. The third-order valence-corrected chi connectivity index (χ3v) is 2.71. The Morgan fingerprint density at radius 1 is 1.35 bits per heavy atom. The number of nitrogens with one attached hydrogen (secondary N) is 1. The van der Waals surface area contributed by atoms with Crippen LogP contribution in [-0.4, -0.2) is 20.3 Å². The highest BCUT2D eigenvalue weighted by Crippen LogP contribution is 2.36. The molecule has 0 aliphatic rings. The Labute approximate surface area is 107 Å². The van der Waals surface area contributed by atoms with Crippen LogP contribution in [0.15, 0.2) is 12.1 Å². The van der Waals surface area contributed by atoms with Crippen LogP contribution in [-0.2, 0) is 0 Å². The topological polar surface area (TPSA) is 30.5 Å². The van der Waals surface area contributed by atoms with Gasteiger partial charge in [0, 0.05) is 6.07 Å². The van der Waals surface area contributed by atoms with Gasteiger partial charge in [-0.2, -0.15) is 0 Å². The maximum Gasteiger partial charge on any atom is 0.145 e. The van der Waals surface area contributed by atoms with E-state index in [-0.39, 0.29) is 6.04 Å². The van der Waals surface area contributed by atoms with E-state index in [1.807, 2.05) is 6.92 Å². The van der Waals surface area contributed by atoms with Crippen molar-refractivity contribution in [2.45, 2.75) is 19.4 Å². The summed E-state index contributed by atoms with van der Waals surface area (Å²) in [5, 5.41) is 3.71. The highest BCUT2D eigenvalue weighted by atomic mass is 35.5. The summed E-state index contributed by atoms with van der Waals surface area (Å²) >= 11 is 6.06. The first-order valence-electron chi connectivity index (χ1n) is 5.30. The van der Waals surface area contributed by atoms with Crippen molar-refractivity contribution in [2.75, 3.05) is 19.5 Å². The maximum absolute atomic E-state index is 6.06. The van der Waals surface area contributed by atoms with E-state index in [1.54, 1.807) is 26.4 Å². The second-order valence-electron chi connectivity index (χ2n) is 3.46. The smallest absolute Gasteiger partial charge is 0.145 e.